The number of ether oxygens (including phenoxy) is 2. The van der Waals surface area contributed by atoms with Crippen LogP contribution in [0.1, 0.15) is 63.1 Å². The summed E-state index contributed by atoms with van der Waals surface area (Å²) in [6.45, 7) is 5.06. The van der Waals surface area contributed by atoms with Crippen LogP contribution in [0.5, 0.6) is 11.5 Å². The van der Waals surface area contributed by atoms with E-state index in [1.54, 1.807) is 30.3 Å². The summed E-state index contributed by atoms with van der Waals surface area (Å²) >= 11 is 0. The van der Waals surface area contributed by atoms with Crippen LogP contribution in [0.4, 0.5) is 0 Å². The number of benzene rings is 3. The van der Waals surface area contributed by atoms with Crippen LogP contribution in [-0.4, -0.2) is 43.0 Å². The normalized spacial score (nSPS) is 21.9. The number of rotatable bonds is 9. The molecule has 218 valence electrons. The first-order valence-corrected chi connectivity index (χ1v) is 16.2. The molecule has 42 heavy (non-hydrogen) atoms. The molecule has 0 radical (unpaired) electrons. The van der Waals surface area contributed by atoms with Crippen molar-refractivity contribution in [1.82, 2.24) is 5.01 Å². The molecule has 2 aliphatic carbocycles. The maximum Gasteiger partial charge on any atom is 0.265 e. The van der Waals surface area contributed by atoms with Gasteiger partial charge in [0.05, 0.1) is 29.9 Å². The Morgan fingerprint density at radius 2 is 1.55 bits per heavy atom. The van der Waals surface area contributed by atoms with Gasteiger partial charge in [0.15, 0.2) is 14.6 Å². The first kappa shape index (κ1) is 28.2. The lowest BCUT2D eigenvalue weighted by molar-refractivity contribution is -0.134. The van der Waals surface area contributed by atoms with Gasteiger partial charge in [-0.25, -0.2) is 13.4 Å². The molecule has 1 amide bonds. The zero-order chi connectivity index (χ0) is 29.3. The fourth-order valence-electron chi connectivity index (χ4n) is 6.20. The Kier molecular flexibility index (Phi) is 7.66. The van der Waals surface area contributed by atoms with Crippen molar-refractivity contribution >= 4 is 27.5 Å². The molecule has 2 atom stereocenters. The minimum Gasteiger partial charge on any atom is -0.494 e. The Balaban J connectivity index is 1.40. The second-order valence-corrected chi connectivity index (χ2v) is 13.3. The SMILES string of the molecule is CCOc1ccc(C=C2CCCC3C2=NN(C(=O)C2(S(=O)(=O)c4ccccc4)CC2)C3c2ccc(OCC)cc2)cc1. The Bertz CT molecular complexity index is 1610. The number of fused-ring (bicyclic) bond motifs is 1. The molecule has 0 N–H and O–H groups in total. The summed E-state index contributed by atoms with van der Waals surface area (Å²) in [5.74, 6) is 1.10. The highest BCUT2D eigenvalue weighted by molar-refractivity contribution is 7.94. The summed E-state index contributed by atoms with van der Waals surface area (Å²) < 4.78 is 37.4. The molecule has 3 aromatic rings. The molecule has 6 rings (SSSR count). The molecule has 0 bridgehead atoms. The first-order valence-electron chi connectivity index (χ1n) is 14.8. The molecule has 0 spiro atoms. The van der Waals surface area contributed by atoms with Gasteiger partial charge in [-0.05, 0) is 105 Å². The Hall–Kier alpha value is -3.91. The number of hydrogen-bond acceptors (Lipinski definition) is 6. The van der Waals surface area contributed by atoms with Crippen LogP contribution in [-0.2, 0) is 14.6 Å². The zero-order valence-electron chi connectivity index (χ0n) is 24.0. The van der Waals surface area contributed by atoms with Crippen molar-refractivity contribution in [3.05, 3.63) is 95.6 Å². The van der Waals surface area contributed by atoms with Crippen LogP contribution in [0.3, 0.4) is 0 Å². The standard InChI is InChI=1S/C34H36N2O5S/c1-3-40-27-17-13-24(14-18-27)23-26-9-8-12-30-31(26)35-36(32(30)25-15-19-28(20-16-25)41-4-2)33(37)34(21-22-34)42(38,39)29-10-6-5-7-11-29/h5-7,10-11,13-20,23,30,32H,3-4,8-9,12,21-22H2,1-2H3. The molecule has 3 aromatic carbocycles. The maximum atomic E-state index is 14.4. The van der Waals surface area contributed by atoms with E-state index in [4.69, 9.17) is 14.6 Å². The molecule has 2 saturated carbocycles. The highest BCUT2D eigenvalue weighted by Crippen LogP contribution is 2.52. The van der Waals surface area contributed by atoms with Gasteiger partial charge in [-0.1, -0.05) is 42.5 Å². The fraction of sp³-hybridized carbons (Fsp3) is 0.353. The second-order valence-electron chi connectivity index (χ2n) is 11.1. The summed E-state index contributed by atoms with van der Waals surface area (Å²) in [5, 5.41) is 6.48. The fourth-order valence-corrected chi connectivity index (χ4v) is 8.13. The van der Waals surface area contributed by atoms with Crippen LogP contribution in [0.2, 0.25) is 0 Å². The van der Waals surface area contributed by atoms with E-state index in [1.807, 2.05) is 62.4 Å². The molecule has 2 unspecified atom stereocenters. The highest BCUT2D eigenvalue weighted by Gasteiger charge is 2.64. The number of sulfone groups is 1. The minimum absolute atomic E-state index is 0.0372. The number of carbonyl (C=O) groups excluding carboxylic acids is 1. The van der Waals surface area contributed by atoms with Crippen molar-refractivity contribution in [1.29, 1.82) is 0 Å². The summed E-state index contributed by atoms with van der Waals surface area (Å²) in [6, 6.07) is 23.6. The van der Waals surface area contributed by atoms with Gasteiger partial charge >= 0.3 is 0 Å². The van der Waals surface area contributed by atoms with Crippen molar-refractivity contribution < 1.29 is 22.7 Å². The lowest BCUT2D eigenvalue weighted by atomic mass is 9.77. The number of hydrazone groups is 1. The third kappa shape index (κ3) is 5.02. The van der Waals surface area contributed by atoms with E-state index in [0.717, 1.165) is 53.2 Å². The Labute approximate surface area is 247 Å². The van der Waals surface area contributed by atoms with E-state index >= 15 is 0 Å². The molecule has 0 saturated heterocycles. The van der Waals surface area contributed by atoms with Gasteiger partial charge in [-0.15, -0.1) is 0 Å². The third-order valence-electron chi connectivity index (χ3n) is 8.44. The van der Waals surface area contributed by atoms with Gasteiger partial charge in [0.2, 0.25) is 0 Å². The maximum absolute atomic E-state index is 14.4. The van der Waals surface area contributed by atoms with E-state index in [1.165, 1.54) is 5.01 Å². The summed E-state index contributed by atoms with van der Waals surface area (Å²) in [4.78, 5) is 14.6. The Morgan fingerprint density at radius 3 is 2.14 bits per heavy atom. The third-order valence-corrected chi connectivity index (χ3v) is 10.9. The topological polar surface area (TPSA) is 85.3 Å². The van der Waals surface area contributed by atoms with Crippen LogP contribution in [0, 0.1) is 5.92 Å². The molecule has 1 heterocycles. The van der Waals surface area contributed by atoms with E-state index in [0.29, 0.717) is 26.1 Å². The van der Waals surface area contributed by atoms with Crippen LogP contribution in [0.25, 0.3) is 6.08 Å². The molecule has 7 nitrogen and oxygen atoms in total. The number of nitrogens with zero attached hydrogens (tertiary/aromatic N) is 2. The molecular formula is C34H36N2O5S. The van der Waals surface area contributed by atoms with Crippen molar-refractivity contribution in [3.63, 3.8) is 0 Å². The van der Waals surface area contributed by atoms with Crippen molar-refractivity contribution in [2.75, 3.05) is 13.2 Å². The summed E-state index contributed by atoms with van der Waals surface area (Å²) in [5.41, 5.74) is 3.91. The van der Waals surface area contributed by atoms with Gasteiger partial charge < -0.3 is 9.47 Å². The smallest absolute Gasteiger partial charge is 0.265 e. The average molecular weight is 585 g/mol. The molecule has 1 aliphatic heterocycles. The lowest BCUT2D eigenvalue weighted by Crippen LogP contribution is -2.43. The van der Waals surface area contributed by atoms with Crippen LogP contribution < -0.4 is 9.47 Å². The molecule has 2 fully saturated rings. The van der Waals surface area contributed by atoms with Gasteiger partial charge in [-0.3, -0.25) is 4.79 Å². The molecule has 8 heteroatoms. The van der Waals surface area contributed by atoms with E-state index in [-0.39, 0.29) is 10.8 Å². The number of carbonyl (C=O) groups is 1. The number of amides is 1. The predicted molar refractivity (Wildman–Crippen MR) is 163 cm³/mol. The van der Waals surface area contributed by atoms with Gasteiger partial charge in [-0.2, -0.15) is 5.10 Å². The first-order chi connectivity index (χ1) is 20.4. The van der Waals surface area contributed by atoms with E-state index in [2.05, 4.69) is 6.08 Å². The average Bonchev–Trinajstić information content (AvgIpc) is 3.75. The van der Waals surface area contributed by atoms with Crippen molar-refractivity contribution in [2.45, 2.75) is 61.6 Å². The quantitative estimate of drug-likeness (QED) is 0.282. The van der Waals surface area contributed by atoms with Gasteiger partial charge in [0.25, 0.3) is 5.91 Å². The van der Waals surface area contributed by atoms with Crippen LogP contribution in [0.15, 0.2) is 94.4 Å². The summed E-state index contributed by atoms with van der Waals surface area (Å²) in [6.07, 6.45) is 5.38. The second kappa shape index (κ2) is 11.4. The highest BCUT2D eigenvalue weighted by atomic mass is 32.2. The summed E-state index contributed by atoms with van der Waals surface area (Å²) in [7, 11) is -3.89. The number of hydrogen-bond donors (Lipinski definition) is 0. The van der Waals surface area contributed by atoms with Crippen LogP contribution >= 0.6 is 0 Å². The van der Waals surface area contributed by atoms with Gasteiger partial charge in [0.1, 0.15) is 11.5 Å². The predicted octanol–water partition coefficient (Wildman–Crippen LogP) is 6.61. The minimum atomic E-state index is -3.89. The monoisotopic (exact) mass is 584 g/mol. The largest absolute Gasteiger partial charge is 0.494 e. The van der Waals surface area contributed by atoms with Crippen molar-refractivity contribution in [2.24, 2.45) is 11.0 Å². The lowest BCUT2D eigenvalue weighted by Gasteiger charge is -2.31. The van der Waals surface area contributed by atoms with E-state index < -0.39 is 26.5 Å². The Morgan fingerprint density at radius 1 is 0.929 bits per heavy atom. The van der Waals surface area contributed by atoms with Gasteiger partial charge in [0, 0.05) is 5.92 Å². The number of allylic oxidation sites excluding steroid dienone is 1. The molecule has 3 aliphatic rings. The van der Waals surface area contributed by atoms with Crippen molar-refractivity contribution in [3.8, 4) is 11.5 Å². The van der Waals surface area contributed by atoms with E-state index in [9.17, 15) is 13.2 Å². The molecular weight excluding hydrogens is 548 g/mol. The molecule has 0 aromatic heterocycles. The zero-order valence-corrected chi connectivity index (χ0v) is 24.8.